The van der Waals surface area contributed by atoms with Crippen LogP contribution in [0.5, 0.6) is 0 Å². The first-order valence-corrected chi connectivity index (χ1v) is 12.5. The van der Waals surface area contributed by atoms with E-state index >= 15 is 0 Å². The van der Waals surface area contributed by atoms with Crippen LogP contribution in [0, 0.1) is 17.0 Å². The van der Waals surface area contributed by atoms with Gasteiger partial charge in [-0.3, -0.25) is 9.36 Å². The summed E-state index contributed by atoms with van der Waals surface area (Å²) in [6.07, 6.45) is 3.00. The zero-order valence-electron chi connectivity index (χ0n) is 20.1. The Kier molecular flexibility index (Phi) is 6.88. The van der Waals surface area contributed by atoms with Gasteiger partial charge < -0.3 is 21.1 Å². The van der Waals surface area contributed by atoms with Crippen molar-refractivity contribution in [2.75, 3.05) is 23.8 Å². The Bertz CT molecular complexity index is 1310. The van der Waals surface area contributed by atoms with E-state index in [-0.39, 0.29) is 41.2 Å². The molecule has 1 aliphatic heterocycles. The molecule has 2 aromatic heterocycles. The van der Waals surface area contributed by atoms with Gasteiger partial charge in [0, 0.05) is 24.1 Å². The van der Waals surface area contributed by atoms with Crippen LogP contribution in [-0.4, -0.2) is 50.9 Å². The molecule has 1 amide bonds. The number of aromatic nitrogens is 4. The van der Waals surface area contributed by atoms with E-state index < -0.39 is 29.3 Å². The SMILES string of the molecule is CC1(C(N)=O)CCC(n2c(Nc3c(F)cc(F)cc3Cl)nc3cnc(N[C@@H]4CCOC[C@H]4F)nc32)CC1. The molecule has 2 atom stereocenters. The topological polar surface area (TPSA) is 120 Å². The molecule has 2 fully saturated rings. The second-order valence-electron chi connectivity index (χ2n) is 9.86. The molecule has 1 saturated heterocycles. The van der Waals surface area contributed by atoms with Crippen molar-refractivity contribution in [1.29, 1.82) is 0 Å². The molecule has 0 bridgehead atoms. The normalized spacial score (nSPS) is 26.2. The molecule has 9 nitrogen and oxygen atoms in total. The van der Waals surface area contributed by atoms with Crippen LogP contribution < -0.4 is 16.4 Å². The number of benzene rings is 1. The lowest BCUT2D eigenvalue weighted by atomic mass is 9.73. The number of hydrogen-bond acceptors (Lipinski definition) is 7. The number of rotatable bonds is 6. The standard InChI is InChI=1S/C24H27ClF3N7O2/c1-24(21(29)36)5-2-13(3-6-24)35-20-18(10-30-22(34-20)31-17-4-7-37-11-16(17)28)32-23(35)33-19-14(25)8-12(26)9-15(19)27/h8-10,13,16-17H,2-7,11H2,1H3,(H2,29,36)(H,32,33)(H,30,31,34)/t13?,16-,17-,24?/m1/s1. The van der Waals surface area contributed by atoms with Crippen molar-refractivity contribution in [2.45, 2.75) is 57.3 Å². The Balaban J connectivity index is 1.54. The molecule has 4 N–H and O–H groups in total. The van der Waals surface area contributed by atoms with Gasteiger partial charge >= 0.3 is 0 Å². The Morgan fingerprint density at radius 2 is 2.00 bits per heavy atom. The molecule has 0 spiro atoms. The molecular formula is C24H27ClF3N7O2. The summed E-state index contributed by atoms with van der Waals surface area (Å²) in [5.41, 5.74) is 5.72. The maximum Gasteiger partial charge on any atom is 0.225 e. The predicted molar refractivity (Wildman–Crippen MR) is 133 cm³/mol. The van der Waals surface area contributed by atoms with Crippen LogP contribution in [0.15, 0.2) is 18.3 Å². The van der Waals surface area contributed by atoms with Gasteiger partial charge in [0.1, 0.15) is 17.5 Å². The molecule has 3 aromatic rings. The van der Waals surface area contributed by atoms with Crippen molar-refractivity contribution in [3.63, 3.8) is 0 Å². The van der Waals surface area contributed by atoms with Crippen LogP contribution in [0.3, 0.4) is 0 Å². The number of nitrogens with zero attached hydrogens (tertiary/aromatic N) is 4. The third-order valence-electron chi connectivity index (χ3n) is 7.30. The third kappa shape index (κ3) is 5.04. The quantitative estimate of drug-likeness (QED) is 0.419. The number of fused-ring (bicyclic) bond motifs is 1. The molecule has 5 rings (SSSR count). The molecule has 2 aliphatic rings. The third-order valence-corrected chi connectivity index (χ3v) is 7.59. The Labute approximate surface area is 215 Å². The van der Waals surface area contributed by atoms with E-state index in [2.05, 4.69) is 25.6 Å². The number of carbonyl (C=O) groups is 1. The maximum absolute atomic E-state index is 14.6. The second kappa shape index (κ2) is 9.97. The number of ether oxygens (including phenoxy) is 1. The zero-order chi connectivity index (χ0) is 26.3. The average Bonchev–Trinajstić information content (AvgIpc) is 3.20. The van der Waals surface area contributed by atoms with E-state index in [9.17, 15) is 18.0 Å². The number of anilines is 3. The minimum atomic E-state index is -1.21. The second-order valence-corrected chi connectivity index (χ2v) is 10.3. The number of nitrogens with one attached hydrogen (secondary N) is 2. The van der Waals surface area contributed by atoms with Crippen molar-refractivity contribution in [3.05, 3.63) is 35.0 Å². The summed E-state index contributed by atoms with van der Waals surface area (Å²) < 4.78 is 49.5. The Morgan fingerprint density at radius 1 is 1.24 bits per heavy atom. The van der Waals surface area contributed by atoms with Crippen LogP contribution in [0.25, 0.3) is 11.2 Å². The minimum Gasteiger partial charge on any atom is -0.378 e. The molecule has 1 saturated carbocycles. The predicted octanol–water partition coefficient (Wildman–Crippen LogP) is 4.65. The van der Waals surface area contributed by atoms with E-state index in [1.165, 1.54) is 6.20 Å². The molecule has 0 radical (unpaired) electrons. The summed E-state index contributed by atoms with van der Waals surface area (Å²) in [4.78, 5) is 25.5. The number of alkyl halides is 1. The van der Waals surface area contributed by atoms with Crippen LogP contribution in [-0.2, 0) is 9.53 Å². The van der Waals surface area contributed by atoms with Crippen molar-refractivity contribution >= 4 is 46.3 Å². The van der Waals surface area contributed by atoms with Crippen LogP contribution >= 0.6 is 11.6 Å². The summed E-state index contributed by atoms with van der Waals surface area (Å²) in [6.45, 7) is 2.27. The summed E-state index contributed by atoms with van der Waals surface area (Å²) in [6, 6.07) is 1.06. The van der Waals surface area contributed by atoms with E-state index in [1.807, 2.05) is 6.92 Å². The van der Waals surface area contributed by atoms with Crippen molar-refractivity contribution in [3.8, 4) is 0 Å². The van der Waals surface area contributed by atoms with Gasteiger partial charge in [0.2, 0.25) is 17.8 Å². The highest BCUT2D eigenvalue weighted by Gasteiger charge is 2.38. The molecule has 0 unspecified atom stereocenters. The lowest BCUT2D eigenvalue weighted by molar-refractivity contribution is -0.128. The smallest absolute Gasteiger partial charge is 0.225 e. The first-order valence-electron chi connectivity index (χ1n) is 12.1. The van der Waals surface area contributed by atoms with Crippen LogP contribution in [0.2, 0.25) is 5.02 Å². The molecule has 198 valence electrons. The maximum atomic E-state index is 14.6. The van der Waals surface area contributed by atoms with Gasteiger partial charge in [0.25, 0.3) is 0 Å². The number of primary amides is 1. The first-order chi connectivity index (χ1) is 17.6. The fourth-order valence-electron chi connectivity index (χ4n) is 4.94. The van der Waals surface area contributed by atoms with Crippen molar-refractivity contribution in [1.82, 2.24) is 19.5 Å². The number of halogens is 4. The zero-order valence-corrected chi connectivity index (χ0v) is 20.9. The van der Waals surface area contributed by atoms with Gasteiger partial charge in [0.15, 0.2) is 11.5 Å². The molecule has 37 heavy (non-hydrogen) atoms. The van der Waals surface area contributed by atoms with Crippen LogP contribution in [0.1, 0.15) is 45.1 Å². The van der Waals surface area contributed by atoms with E-state index in [0.717, 1.165) is 12.1 Å². The van der Waals surface area contributed by atoms with E-state index in [1.54, 1.807) is 4.57 Å². The Morgan fingerprint density at radius 3 is 2.68 bits per heavy atom. The summed E-state index contributed by atoms with van der Waals surface area (Å²) in [7, 11) is 0. The monoisotopic (exact) mass is 537 g/mol. The lowest BCUT2D eigenvalue weighted by Crippen LogP contribution is -2.39. The van der Waals surface area contributed by atoms with Gasteiger partial charge in [-0.1, -0.05) is 18.5 Å². The largest absolute Gasteiger partial charge is 0.378 e. The lowest BCUT2D eigenvalue weighted by Gasteiger charge is -2.35. The fourth-order valence-corrected chi connectivity index (χ4v) is 5.19. The number of imidazole rings is 1. The molecule has 1 aromatic carbocycles. The summed E-state index contributed by atoms with van der Waals surface area (Å²) in [5.74, 6) is -1.59. The first kappa shape index (κ1) is 25.5. The number of nitrogens with two attached hydrogens (primary N) is 1. The molecular weight excluding hydrogens is 511 g/mol. The van der Waals surface area contributed by atoms with Gasteiger partial charge in [-0.25, -0.2) is 23.1 Å². The average molecular weight is 538 g/mol. The number of amides is 1. The van der Waals surface area contributed by atoms with E-state index in [0.29, 0.717) is 49.9 Å². The Hall–Kier alpha value is -3.12. The van der Waals surface area contributed by atoms with Gasteiger partial charge in [0.05, 0.1) is 29.6 Å². The van der Waals surface area contributed by atoms with Crippen molar-refractivity contribution < 1.29 is 22.7 Å². The molecule has 3 heterocycles. The van der Waals surface area contributed by atoms with Crippen LogP contribution in [0.4, 0.5) is 30.8 Å². The number of carbonyl (C=O) groups excluding carboxylic acids is 1. The minimum absolute atomic E-state index is 0.00336. The highest BCUT2D eigenvalue weighted by molar-refractivity contribution is 6.33. The number of hydrogen-bond donors (Lipinski definition) is 3. The van der Waals surface area contributed by atoms with Gasteiger partial charge in [-0.2, -0.15) is 4.98 Å². The molecule has 1 aliphatic carbocycles. The van der Waals surface area contributed by atoms with Gasteiger partial charge in [-0.15, -0.1) is 0 Å². The van der Waals surface area contributed by atoms with Crippen molar-refractivity contribution in [2.24, 2.45) is 11.1 Å². The van der Waals surface area contributed by atoms with Gasteiger partial charge in [-0.05, 0) is 38.2 Å². The highest BCUT2D eigenvalue weighted by atomic mass is 35.5. The highest BCUT2D eigenvalue weighted by Crippen LogP contribution is 2.43. The summed E-state index contributed by atoms with van der Waals surface area (Å²) >= 11 is 6.13. The fraction of sp³-hybridized carbons (Fsp3) is 0.500. The summed E-state index contributed by atoms with van der Waals surface area (Å²) in [5, 5.41) is 5.79. The molecule has 13 heteroatoms. The van der Waals surface area contributed by atoms with E-state index in [4.69, 9.17) is 22.1 Å².